The van der Waals surface area contributed by atoms with E-state index in [1.165, 1.54) is 12.1 Å². The number of hydrogen-bond donors (Lipinski definition) is 1. The first-order valence-corrected chi connectivity index (χ1v) is 6.22. The van der Waals surface area contributed by atoms with Crippen molar-refractivity contribution in [1.29, 1.82) is 0 Å². The van der Waals surface area contributed by atoms with Crippen molar-refractivity contribution in [2.75, 3.05) is 5.32 Å². The highest BCUT2D eigenvalue weighted by Gasteiger charge is 2.10. The molecular weight excluding hydrogens is 253 g/mol. The Morgan fingerprint density at radius 1 is 1.50 bits per heavy atom. The summed E-state index contributed by atoms with van der Waals surface area (Å²) in [7, 11) is 0. The lowest BCUT2D eigenvalue weighted by Crippen LogP contribution is -2.07. The van der Waals surface area contributed by atoms with Gasteiger partial charge in [-0.3, -0.25) is 4.68 Å². The predicted molar refractivity (Wildman–Crippen MR) is 71.3 cm³/mol. The maximum atomic E-state index is 13.6. The number of anilines is 1. The Hall–Kier alpha value is -1.55. The average Bonchev–Trinajstić information content (AvgIpc) is 2.82. The summed E-state index contributed by atoms with van der Waals surface area (Å²) in [4.78, 5) is 0. The molecule has 18 heavy (non-hydrogen) atoms. The highest BCUT2D eigenvalue weighted by Crippen LogP contribution is 2.24. The van der Waals surface area contributed by atoms with Gasteiger partial charge in [-0.25, -0.2) is 4.39 Å². The van der Waals surface area contributed by atoms with Gasteiger partial charge in [0.05, 0.1) is 17.9 Å². The minimum Gasteiger partial charge on any atom is -0.376 e. The van der Waals surface area contributed by atoms with Gasteiger partial charge in [0.25, 0.3) is 0 Å². The molecule has 1 heterocycles. The number of hydrogen-bond acceptors (Lipinski definition) is 2. The van der Waals surface area contributed by atoms with Crippen LogP contribution in [0.25, 0.3) is 0 Å². The third-order valence-corrected chi connectivity index (χ3v) is 3.01. The van der Waals surface area contributed by atoms with Crippen molar-refractivity contribution < 1.29 is 4.39 Å². The smallest absolute Gasteiger partial charge is 0.146 e. The molecule has 0 saturated carbocycles. The van der Waals surface area contributed by atoms with Gasteiger partial charge in [-0.1, -0.05) is 11.6 Å². The number of aromatic nitrogens is 2. The molecule has 0 amide bonds. The Kier molecular flexibility index (Phi) is 3.87. The van der Waals surface area contributed by atoms with Crippen LogP contribution in [0.5, 0.6) is 0 Å². The lowest BCUT2D eigenvalue weighted by Gasteiger charge is -2.14. The second-order valence-electron chi connectivity index (χ2n) is 4.12. The molecule has 0 aliphatic heterocycles. The summed E-state index contributed by atoms with van der Waals surface area (Å²) >= 11 is 5.85. The monoisotopic (exact) mass is 267 g/mol. The number of nitrogens with one attached hydrogen (secondary N) is 1. The lowest BCUT2D eigenvalue weighted by atomic mass is 10.2. The molecule has 0 saturated heterocycles. The Morgan fingerprint density at radius 2 is 2.28 bits per heavy atom. The second kappa shape index (κ2) is 5.40. The fraction of sp³-hybridized carbons (Fsp3) is 0.308. The van der Waals surface area contributed by atoms with Crippen LogP contribution in [0.15, 0.2) is 30.6 Å². The zero-order valence-electron chi connectivity index (χ0n) is 10.3. The summed E-state index contributed by atoms with van der Waals surface area (Å²) < 4.78 is 15.4. The zero-order valence-corrected chi connectivity index (χ0v) is 11.1. The number of nitrogens with zero attached hydrogens (tertiary/aromatic N) is 2. The van der Waals surface area contributed by atoms with Crippen LogP contribution in [0.1, 0.15) is 25.5 Å². The minimum absolute atomic E-state index is 0.0294. The van der Waals surface area contributed by atoms with E-state index in [-0.39, 0.29) is 11.9 Å². The summed E-state index contributed by atoms with van der Waals surface area (Å²) in [6.07, 6.45) is 3.73. The standard InChI is InChI=1S/C13H15ClFN3/c1-3-18-8-10(7-16-18)9(2)17-13-6-11(14)4-5-12(13)15/h4-9,17H,3H2,1-2H3. The highest BCUT2D eigenvalue weighted by molar-refractivity contribution is 6.30. The summed E-state index contributed by atoms with van der Waals surface area (Å²) in [6.45, 7) is 4.79. The third-order valence-electron chi connectivity index (χ3n) is 2.78. The molecule has 0 aliphatic carbocycles. The van der Waals surface area contributed by atoms with E-state index in [1.54, 1.807) is 12.3 Å². The van der Waals surface area contributed by atoms with Gasteiger partial charge in [-0.2, -0.15) is 5.10 Å². The molecule has 1 unspecified atom stereocenters. The fourth-order valence-electron chi connectivity index (χ4n) is 1.70. The van der Waals surface area contributed by atoms with Gasteiger partial charge in [0.2, 0.25) is 0 Å². The van der Waals surface area contributed by atoms with E-state index in [0.717, 1.165) is 12.1 Å². The Bertz CT molecular complexity index is 539. The lowest BCUT2D eigenvalue weighted by molar-refractivity contribution is 0.627. The number of aryl methyl sites for hydroxylation is 1. The van der Waals surface area contributed by atoms with Crippen molar-refractivity contribution >= 4 is 17.3 Å². The van der Waals surface area contributed by atoms with Gasteiger partial charge < -0.3 is 5.32 Å². The summed E-state index contributed by atoms with van der Waals surface area (Å²) in [6, 6.07) is 4.44. The van der Waals surface area contributed by atoms with Crippen molar-refractivity contribution in [3.8, 4) is 0 Å². The maximum Gasteiger partial charge on any atom is 0.146 e. The minimum atomic E-state index is -0.311. The normalized spacial score (nSPS) is 12.4. The average molecular weight is 268 g/mol. The van der Waals surface area contributed by atoms with E-state index in [1.807, 2.05) is 24.7 Å². The van der Waals surface area contributed by atoms with Gasteiger partial charge in [0.1, 0.15) is 5.82 Å². The molecule has 2 aromatic rings. The van der Waals surface area contributed by atoms with Gasteiger partial charge in [-0.15, -0.1) is 0 Å². The molecule has 1 N–H and O–H groups in total. The molecule has 96 valence electrons. The van der Waals surface area contributed by atoms with Gasteiger partial charge in [0.15, 0.2) is 0 Å². The van der Waals surface area contributed by atoms with Crippen LogP contribution in [0, 0.1) is 5.82 Å². The van der Waals surface area contributed by atoms with Crippen molar-refractivity contribution in [3.63, 3.8) is 0 Å². The van der Waals surface area contributed by atoms with Crippen molar-refractivity contribution in [2.45, 2.75) is 26.4 Å². The maximum absolute atomic E-state index is 13.6. The van der Waals surface area contributed by atoms with Gasteiger partial charge in [-0.05, 0) is 32.0 Å². The molecule has 1 aromatic carbocycles. The van der Waals surface area contributed by atoms with Crippen LogP contribution in [0.3, 0.4) is 0 Å². The molecule has 5 heteroatoms. The molecule has 2 rings (SSSR count). The molecule has 0 bridgehead atoms. The quantitative estimate of drug-likeness (QED) is 0.911. The van der Waals surface area contributed by atoms with Gasteiger partial charge in [0, 0.05) is 23.3 Å². The predicted octanol–water partition coefficient (Wildman–Crippen LogP) is 3.87. The Labute approximate surface area is 111 Å². The van der Waals surface area contributed by atoms with E-state index < -0.39 is 0 Å². The number of benzene rings is 1. The van der Waals surface area contributed by atoms with Crippen LogP contribution in [-0.4, -0.2) is 9.78 Å². The van der Waals surface area contributed by atoms with Crippen molar-refractivity contribution in [2.24, 2.45) is 0 Å². The number of halogens is 2. The highest BCUT2D eigenvalue weighted by atomic mass is 35.5. The van der Waals surface area contributed by atoms with Crippen LogP contribution >= 0.6 is 11.6 Å². The van der Waals surface area contributed by atoms with E-state index in [9.17, 15) is 4.39 Å². The third kappa shape index (κ3) is 2.82. The molecule has 1 aromatic heterocycles. The topological polar surface area (TPSA) is 29.9 Å². The van der Waals surface area contributed by atoms with E-state index in [4.69, 9.17) is 11.6 Å². The molecule has 0 spiro atoms. The van der Waals surface area contributed by atoms with E-state index in [0.29, 0.717) is 10.7 Å². The molecule has 3 nitrogen and oxygen atoms in total. The van der Waals surface area contributed by atoms with Crippen molar-refractivity contribution in [1.82, 2.24) is 9.78 Å². The van der Waals surface area contributed by atoms with Crippen LogP contribution in [0.2, 0.25) is 5.02 Å². The molecule has 0 radical (unpaired) electrons. The fourth-order valence-corrected chi connectivity index (χ4v) is 1.87. The first-order valence-electron chi connectivity index (χ1n) is 5.84. The zero-order chi connectivity index (χ0) is 13.1. The second-order valence-corrected chi connectivity index (χ2v) is 4.56. The Morgan fingerprint density at radius 3 is 2.94 bits per heavy atom. The summed E-state index contributed by atoms with van der Waals surface area (Å²) in [5.41, 5.74) is 1.41. The van der Waals surface area contributed by atoms with Crippen LogP contribution in [0.4, 0.5) is 10.1 Å². The molecule has 0 aliphatic rings. The summed E-state index contributed by atoms with van der Waals surface area (Å²) in [5.74, 6) is -0.311. The molecule has 1 atom stereocenters. The Balaban J connectivity index is 2.15. The number of rotatable bonds is 4. The van der Waals surface area contributed by atoms with Gasteiger partial charge >= 0.3 is 0 Å². The largest absolute Gasteiger partial charge is 0.376 e. The van der Waals surface area contributed by atoms with E-state index in [2.05, 4.69) is 10.4 Å². The van der Waals surface area contributed by atoms with Crippen LogP contribution < -0.4 is 5.32 Å². The molecular formula is C13H15ClFN3. The van der Waals surface area contributed by atoms with Crippen LogP contribution in [-0.2, 0) is 6.54 Å². The molecule has 0 fully saturated rings. The SMILES string of the molecule is CCn1cc(C(C)Nc2cc(Cl)ccc2F)cn1. The first kappa shape index (κ1) is 12.9. The summed E-state index contributed by atoms with van der Waals surface area (Å²) in [5, 5.41) is 7.80. The van der Waals surface area contributed by atoms with Crippen molar-refractivity contribution in [3.05, 3.63) is 47.0 Å². The first-order chi connectivity index (χ1) is 8.60. The van der Waals surface area contributed by atoms with E-state index >= 15 is 0 Å².